The highest BCUT2D eigenvalue weighted by Crippen LogP contribution is 2.44. The molecule has 1 aromatic rings. The summed E-state index contributed by atoms with van der Waals surface area (Å²) in [5.74, 6) is -0.197. The lowest BCUT2D eigenvalue weighted by Gasteiger charge is -2.55. The minimum absolute atomic E-state index is 0.139. The largest absolute Gasteiger partial charge is 0.444 e. The van der Waals surface area contributed by atoms with E-state index in [1.54, 1.807) is 30.6 Å². The molecule has 37 heavy (non-hydrogen) atoms. The third-order valence-electron chi connectivity index (χ3n) is 7.64. The van der Waals surface area contributed by atoms with E-state index < -0.39 is 27.1 Å². The molecule has 0 saturated carbocycles. The predicted octanol–water partition coefficient (Wildman–Crippen LogP) is 2.71. The number of carbonyl (C=O) groups excluding carboxylic acids is 2. The monoisotopic (exact) mass is 527 g/mol. The van der Waals surface area contributed by atoms with Gasteiger partial charge < -0.3 is 14.5 Å². The van der Waals surface area contributed by atoms with Crippen molar-refractivity contribution in [2.24, 2.45) is 10.8 Å². The van der Waals surface area contributed by atoms with E-state index in [1.807, 2.05) is 6.07 Å². The van der Waals surface area contributed by atoms with E-state index in [0.29, 0.717) is 44.6 Å². The highest BCUT2D eigenvalue weighted by atomic mass is 32.2. The number of piperidine rings is 2. The Bertz CT molecular complexity index is 1230. The number of nitriles is 2. The van der Waals surface area contributed by atoms with E-state index in [9.17, 15) is 23.3 Å². The number of likely N-dealkylation sites (tertiary alicyclic amines) is 2. The Kier molecular flexibility index (Phi) is 7.00. The quantitative estimate of drug-likeness (QED) is 0.590. The second-order valence-corrected chi connectivity index (χ2v) is 13.3. The average molecular weight is 528 g/mol. The van der Waals surface area contributed by atoms with Crippen molar-refractivity contribution in [1.29, 1.82) is 10.5 Å². The van der Waals surface area contributed by atoms with Crippen LogP contribution in [0, 0.1) is 33.5 Å². The Labute approximate surface area is 218 Å². The summed E-state index contributed by atoms with van der Waals surface area (Å²) in [6, 6.07) is 10.1. The second-order valence-electron chi connectivity index (χ2n) is 11.4. The van der Waals surface area contributed by atoms with E-state index in [0.717, 1.165) is 0 Å². The molecule has 3 fully saturated rings. The maximum atomic E-state index is 13.4. The van der Waals surface area contributed by atoms with Gasteiger partial charge in [-0.2, -0.15) is 14.8 Å². The SMILES string of the molecule is CC(C)(C)OC(=O)N1CCC(C#N)(C(=O)N2CC3(CCN(S(=O)(=O)c4ccc(C#N)cc4)CC3)C2)CC1. The molecule has 0 unspecified atom stereocenters. The van der Waals surface area contributed by atoms with E-state index >= 15 is 0 Å². The van der Waals surface area contributed by atoms with Crippen LogP contribution >= 0.6 is 0 Å². The molecule has 0 aliphatic carbocycles. The molecule has 0 aromatic heterocycles. The van der Waals surface area contributed by atoms with Gasteiger partial charge >= 0.3 is 6.09 Å². The van der Waals surface area contributed by atoms with Gasteiger partial charge in [-0.25, -0.2) is 13.2 Å². The molecule has 3 heterocycles. The number of sulfonamides is 1. The molecule has 10 nitrogen and oxygen atoms in total. The van der Waals surface area contributed by atoms with Crippen LogP contribution in [-0.2, 0) is 19.6 Å². The summed E-state index contributed by atoms with van der Waals surface area (Å²) < 4.78 is 32.9. The van der Waals surface area contributed by atoms with Crippen LogP contribution < -0.4 is 0 Å². The van der Waals surface area contributed by atoms with Crippen LogP contribution in [-0.4, -0.2) is 79.4 Å². The Morgan fingerprint density at radius 3 is 1.97 bits per heavy atom. The number of rotatable bonds is 3. The lowest BCUT2D eigenvalue weighted by Crippen LogP contribution is -2.65. The van der Waals surface area contributed by atoms with Gasteiger partial charge in [0.1, 0.15) is 11.0 Å². The molecule has 2 amide bonds. The summed E-state index contributed by atoms with van der Waals surface area (Å²) in [5, 5.41) is 18.9. The van der Waals surface area contributed by atoms with Crippen molar-refractivity contribution in [1.82, 2.24) is 14.1 Å². The summed E-state index contributed by atoms with van der Waals surface area (Å²) in [6.07, 6.45) is 1.37. The Hall–Kier alpha value is -3.15. The van der Waals surface area contributed by atoms with Crippen LogP contribution in [0.3, 0.4) is 0 Å². The van der Waals surface area contributed by atoms with Crippen LogP contribution in [0.25, 0.3) is 0 Å². The van der Waals surface area contributed by atoms with E-state index in [2.05, 4.69) is 6.07 Å². The third-order valence-corrected chi connectivity index (χ3v) is 9.55. The molecule has 0 radical (unpaired) electrons. The first kappa shape index (κ1) is 26.9. The number of nitrogens with zero attached hydrogens (tertiary/aromatic N) is 5. The first-order valence-electron chi connectivity index (χ1n) is 12.5. The summed E-state index contributed by atoms with van der Waals surface area (Å²) in [6.45, 7) is 7.70. The van der Waals surface area contributed by atoms with Crippen molar-refractivity contribution in [2.45, 2.75) is 57.0 Å². The summed E-state index contributed by atoms with van der Waals surface area (Å²) in [5.41, 5.74) is -1.50. The smallest absolute Gasteiger partial charge is 0.410 e. The van der Waals surface area contributed by atoms with Gasteiger partial charge in [-0.15, -0.1) is 0 Å². The molecule has 1 spiro atoms. The maximum Gasteiger partial charge on any atom is 0.410 e. The second kappa shape index (κ2) is 9.62. The highest BCUT2D eigenvalue weighted by molar-refractivity contribution is 7.89. The molecular weight excluding hydrogens is 494 g/mol. The van der Waals surface area contributed by atoms with Crippen molar-refractivity contribution in [3.63, 3.8) is 0 Å². The Balaban J connectivity index is 1.32. The Morgan fingerprint density at radius 1 is 0.919 bits per heavy atom. The normalized spacial score (nSPS) is 21.4. The molecule has 11 heteroatoms. The van der Waals surface area contributed by atoms with Crippen LogP contribution in [0.1, 0.15) is 52.0 Å². The number of carbonyl (C=O) groups is 2. The van der Waals surface area contributed by atoms with Gasteiger partial charge in [0.25, 0.3) is 0 Å². The molecular formula is C26H33N5O5S. The van der Waals surface area contributed by atoms with Crippen LogP contribution in [0.15, 0.2) is 29.2 Å². The van der Waals surface area contributed by atoms with Gasteiger partial charge in [0.15, 0.2) is 0 Å². The molecule has 3 saturated heterocycles. The molecule has 0 atom stereocenters. The van der Waals surface area contributed by atoms with Crippen LogP contribution in [0.5, 0.6) is 0 Å². The maximum absolute atomic E-state index is 13.4. The fourth-order valence-electron chi connectivity index (χ4n) is 5.35. The van der Waals surface area contributed by atoms with Gasteiger partial charge in [-0.3, -0.25) is 4.79 Å². The first-order valence-corrected chi connectivity index (χ1v) is 14.0. The number of amides is 2. The first-order chi connectivity index (χ1) is 17.3. The molecule has 1 aromatic carbocycles. The highest BCUT2D eigenvalue weighted by Gasteiger charge is 2.53. The molecule has 4 rings (SSSR count). The van der Waals surface area contributed by atoms with Gasteiger partial charge in [0, 0.05) is 44.7 Å². The fraction of sp³-hybridized carbons (Fsp3) is 0.615. The lowest BCUT2D eigenvalue weighted by molar-refractivity contribution is -0.156. The van der Waals surface area contributed by atoms with E-state index in [4.69, 9.17) is 10.00 Å². The average Bonchev–Trinajstić information content (AvgIpc) is 2.86. The molecule has 0 bridgehead atoms. The zero-order valence-electron chi connectivity index (χ0n) is 21.6. The van der Waals surface area contributed by atoms with E-state index in [1.165, 1.54) is 28.6 Å². The molecule has 3 aliphatic heterocycles. The third kappa shape index (κ3) is 5.29. The van der Waals surface area contributed by atoms with Gasteiger partial charge in [-0.1, -0.05) is 0 Å². The summed E-state index contributed by atoms with van der Waals surface area (Å²) in [7, 11) is -3.65. The van der Waals surface area contributed by atoms with Gasteiger partial charge in [-0.05, 0) is 70.7 Å². The minimum Gasteiger partial charge on any atom is -0.444 e. The fourth-order valence-corrected chi connectivity index (χ4v) is 6.79. The zero-order chi connectivity index (χ0) is 27.1. The standard InChI is InChI=1S/C26H33N5O5S/c1-24(2,3)36-23(33)29-12-10-26(17-28,11-13-29)22(32)30-18-25(19-30)8-14-31(15-9-25)37(34,35)21-6-4-20(16-27)5-7-21/h4-7H,8-15,18-19H2,1-3H3. The molecule has 3 aliphatic rings. The Morgan fingerprint density at radius 2 is 1.49 bits per heavy atom. The van der Waals surface area contributed by atoms with Crippen molar-refractivity contribution in [3.8, 4) is 12.1 Å². The van der Waals surface area contributed by atoms with Crippen molar-refractivity contribution < 1.29 is 22.7 Å². The number of ether oxygens (including phenoxy) is 1. The molecule has 0 N–H and O–H groups in total. The number of hydrogen-bond acceptors (Lipinski definition) is 7. The van der Waals surface area contributed by atoms with Crippen molar-refractivity contribution >= 4 is 22.0 Å². The zero-order valence-corrected chi connectivity index (χ0v) is 22.4. The van der Waals surface area contributed by atoms with Gasteiger partial charge in [0.2, 0.25) is 15.9 Å². The topological polar surface area (TPSA) is 135 Å². The van der Waals surface area contributed by atoms with Crippen LogP contribution in [0.2, 0.25) is 0 Å². The molecule has 198 valence electrons. The predicted molar refractivity (Wildman–Crippen MR) is 133 cm³/mol. The minimum atomic E-state index is -3.65. The van der Waals surface area contributed by atoms with Crippen molar-refractivity contribution in [2.75, 3.05) is 39.3 Å². The van der Waals surface area contributed by atoms with Crippen molar-refractivity contribution in [3.05, 3.63) is 29.8 Å². The summed E-state index contributed by atoms with van der Waals surface area (Å²) >= 11 is 0. The number of benzene rings is 1. The van der Waals surface area contributed by atoms with Crippen LogP contribution in [0.4, 0.5) is 4.79 Å². The summed E-state index contributed by atoms with van der Waals surface area (Å²) in [4.78, 5) is 29.2. The lowest BCUT2D eigenvalue weighted by atomic mass is 9.70. The van der Waals surface area contributed by atoms with E-state index in [-0.39, 0.29) is 42.1 Å². The van der Waals surface area contributed by atoms with Gasteiger partial charge in [0.05, 0.1) is 22.6 Å². The number of hydrogen-bond donors (Lipinski definition) is 0.